The van der Waals surface area contributed by atoms with Crippen LogP contribution in [-0.2, 0) is 21.8 Å². The standard InChI is InChI=1S/C18H24N4O3S/c1-14-4-3-5-15(8-14)20-16-9-18(25-11-16)6-7-22(12-18)26(23,24)17-10-21(2)13-19-17/h3-5,8,10,13,16,20H,6-7,9,11-12H2,1-2H3/t16-,18-/m1/s1. The van der Waals surface area contributed by atoms with Crippen molar-refractivity contribution in [3.63, 3.8) is 0 Å². The zero-order valence-corrected chi connectivity index (χ0v) is 15.9. The van der Waals surface area contributed by atoms with Gasteiger partial charge in [-0.1, -0.05) is 12.1 Å². The number of aryl methyl sites for hydroxylation is 2. The lowest BCUT2D eigenvalue weighted by atomic mass is 9.97. The molecule has 2 aliphatic rings. The molecule has 140 valence electrons. The SMILES string of the molecule is Cc1cccc(N[C@H]2CO[C@]3(CCN(S(=O)(=O)c4cn(C)cn4)C3)C2)c1. The van der Waals surface area contributed by atoms with Crippen molar-refractivity contribution in [1.82, 2.24) is 13.9 Å². The van der Waals surface area contributed by atoms with E-state index < -0.39 is 15.6 Å². The minimum Gasteiger partial charge on any atom is -0.380 e. The Morgan fingerprint density at radius 2 is 2.23 bits per heavy atom. The summed E-state index contributed by atoms with van der Waals surface area (Å²) < 4.78 is 34.8. The molecule has 0 unspecified atom stereocenters. The van der Waals surface area contributed by atoms with Gasteiger partial charge in [0.1, 0.15) is 0 Å². The molecule has 2 aromatic rings. The van der Waals surface area contributed by atoms with E-state index in [9.17, 15) is 8.42 Å². The summed E-state index contributed by atoms with van der Waals surface area (Å²) >= 11 is 0. The van der Waals surface area contributed by atoms with E-state index in [1.807, 2.05) is 12.1 Å². The Hall–Kier alpha value is -1.90. The maximum Gasteiger partial charge on any atom is 0.262 e. The molecule has 1 N–H and O–H groups in total. The summed E-state index contributed by atoms with van der Waals surface area (Å²) in [6.07, 6.45) is 4.56. The van der Waals surface area contributed by atoms with Crippen LogP contribution in [-0.4, -0.2) is 53.6 Å². The second-order valence-electron chi connectivity index (χ2n) is 7.37. The van der Waals surface area contributed by atoms with Crippen LogP contribution >= 0.6 is 0 Å². The van der Waals surface area contributed by atoms with E-state index in [2.05, 4.69) is 29.4 Å². The first kappa shape index (κ1) is 17.5. The maximum absolute atomic E-state index is 12.8. The first-order valence-electron chi connectivity index (χ1n) is 8.82. The van der Waals surface area contributed by atoms with Gasteiger partial charge in [-0.2, -0.15) is 4.31 Å². The number of hydrogen-bond donors (Lipinski definition) is 1. The summed E-state index contributed by atoms with van der Waals surface area (Å²) in [5.41, 5.74) is 1.88. The second kappa shape index (κ2) is 6.37. The van der Waals surface area contributed by atoms with Crippen LogP contribution in [0.3, 0.4) is 0 Å². The van der Waals surface area contributed by atoms with E-state index in [1.54, 1.807) is 11.6 Å². The lowest BCUT2D eigenvalue weighted by Crippen LogP contribution is -2.36. The van der Waals surface area contributed by atoms with Crippen molar-refractivity contribution in [2.75, 3.05) is 25.0 Å². The molecular formula is C18H24N4O3S. The van der Waals surface area contributed by atoms with Crippen LogP contribution in [0.1, 0.15) is 18.4 Å². The molecule has 1 aromatic heterocycles. The summed E-state index contributed by atoms with van der Waals surface area (Å²) in [6, 6.07) is 8.44. The topological polar surface area (TPSA) is 76.5 Å². The highest BCUT2D eigenvalue weighted by Gasteiger charge is 2.49. The fraction of sp³-hybridized carbons (Fsp3) is 0.500. The summed E-state index contributed by atoms with van der Waals surface area (Å²) in [5.74, 6) is 0. The van der Waals surface area contributed by atoms with Crippen LogP contribution < -0.4 is 5.32 Å². The van der Waals surface area contributed by atoms with Gasteiger partial charge in [0.05, 0.1) is 24.6 Å². The van der Waals surface area contributed by atoms with Gasteiger partial charge in [0, 0.05) is 38.4 Å². The maximum atomic E-state index is 12.8. The predicted molar refractivity (Wildman–Crippen MR) is 98.5 cm³/mol. The minimum atomic E-state index is -3.56. The molecular weight excluding hydrogens is 352 g/mol. The Morgan fingerprint density at radius 1 is 1.38 bits per heavy atom. The first-order valence-corrected chi connectivity index (χ1v) is 10.3. The van der Waals surface area contributed by atoms with Crippen molar-refractivity contribution >= 4 is 15.7 Å². The van der Waals surface area contributed by atoms with Gasteiger partial charge in [-0.15, -0.1) is 0 Å². The first-order chi connectivity index (χ1) is 12.4. The van der Waals surface area contributed by atoms with E-state index in [-0.39, 0.29) is 11.1 Å². The molecule has 3 heterocycles. The molecule has 4 rings (SSSR count). The Balaban J connectivity index is 1.43. The number of sulfonamides is 1. The van der Waals surface area contributed by atoms with Gasteiger partial charge in [-0.25, -0.2) is 13.4 Å². The number of hydrogen-bond acceptors (Lipinski definition) is 5. The quantitative estimate of drug-likeness (QED) is 0.880. The van der Waals surface area contributed by atoms with Crippen LogP contribution in [0.2, 0.25) is 0 Å². The Kier molecular flexibility index (Phi) is 4.29. The fourth-order valence-electron chi connectivity index (χ4n) is 3.86. The molecule has 0 amide bonds. The summed E-state index contributed by atoms with van der Waals surface area (Å²) in [7, 11) is -1.80. The average molecular weight is 376 g/mol. The number of anilines is 1. The van der Waals surface area contributed by atoms with Crippen molar-refractivity contribution in [3.05, 3.63) is 42.4 Å². The number of imidazole rings is 1. The highest BCUT2D eigenvalue weighted by atomic mass is 32.2. The van der Waals surface area contributed by atoms with Crippen molar-refractivity contribution in [1.29, 1.82) is 0 Å². The third-order valence-corrected chi connectivity index (χ3v) is 6.90. The molecule has 1 aromatic carbocycles. The molecule has 1 spiro atoms. The largest absolute Gasteiger partial charge is 0.380 e. The van der Waals surface area contributed by atoms with Crippen molar-refractivity contribution in [3.8, 4) is 0 Å². The average Bonchev–Trinajstić information content (AvgIpc) is 3.30. The van der Waals surface area contributed by atoms with Crippen LogP contribution in [0.15, 0.2) is 41.8 Å². The third kappa shape index (κ3) is 3.24. The zero-order valence-electron chi connectivity index (χ0n) is 15.1. The molecule has 0 bridgehead atoms. The molecule has 7 nitrogen and oxygen atoms in total. The number of nitrogens with one attached hydrogen (secondary N) is 1. The lowest BCUT2D eigenvalue weighted by molar-refractivity contribution is 0.0173. The normalized spacial score (nSPS) is 26.6. The molecule has 2 aliphatic heterocycles. The van der Waals surface area contributed by atoms with Gasteiger partial charge in [-0.05, 0) is 31.0 Å². The van der Waals surface area contributed by atoms with Crippen molar-refractivity contribution in [2.24, 2.45) is 7.05 Å². The van der Waals surface area contributed by atoms with Crippen LogP contribution in [0.5, 0.6) is 0 Å². The number of rotatable bonds is 4. The number of aromatic nitrogens is 2. The highest BCUT2D eigenvalue weighted by molar-refractivity contribution is 7.89. The zero-order chi connectivity index (χ0) is 18.4. The van der Waals surface area contributed by atoms with Gasteiger partial charge < -0.3 is 14.6 Å². The smallest absolute Gasteiger partial charge is 0.262 e. The van der Waals surface area contributed by atoms with E-state index in [0.29, 0.717) is 26.1 Å². The van der Waals surface area contributed by atoms with Crippen LogP contribution in [0.4, 0.5) is 5.69 Å². The Bertz CT molecular complexity index is 911. The summed E-state index contributed by atoms with van der Waals surface area (Å²) in [5, 5.41) is 3.61. The second-order valence-corrected chi connectivity index (χ2v) is 9.26. The van der Waals surface area contributed by atoms with Gasteiger partial charge in [-0.3, -0.25) is 0 Å². The van der Waals surface area contributed by atoms with E-state index in [4.69, 9.17) is 4.74 Å². The molecule has 2 atom stereocenters. The Labute approximate surface area is 154 Å². The fourth-order valence-corrected chi connectivity index (χ4v) is 5.34. The van der Waals surface area contributed by atoms with Crippen LogP contribution in [0.25, 0.3) is 0 Å². The molecule has 8 heteroatoms. The third-order valence-electron chi connectivity index (χ3n) is 5.16. The molecule has 0 aliphatic carbocycles. The van der Waals surface area contributed by atoms with Crippen molar-refractivity contribution in [2.45, 2.75) is 36.4 Å². The van der Waals surface area contributed by atoms with Gasteiger partial charge >= 0.3 is 0 Å². The molecule has 2 saturated heterocycles. The number of nitrogens with zero attached hydrogens (tertiary/aromatic N) is 3. The van der Waals surface area contributed by atoms with Gasteiger partial charge in [0.15, 0.2) is 5.03 Å². The predicted octanol–water partition coefficient (Wildman–Crippen LogP) is 1.76. The lowest BCUT2D eigenvalue weighted by Gasteiger charge is -2.23. The van der Waals surface area contributed by atoms with Crippen LogP contribution in [0, 0.1) is 6.92 Å². The number of benzene rings is 1. The summed E-state index contributed by atoms with van der Waals surface area (Å²) in [6.45, 7) is 3.51. The van der Waals surface area contributed by atoms with E-state index >= 15 is 0 Å². The Morgan fingerprint density at radius 3 is 2.96 bits per heavy atom. The van der Waals surface area contributed by atoms with Gasteiger partial charge in [0.2, 0.25) is 0 Å². The van der Waals surface area contributed by atoms with E-state index in [1.165, 1.54) is 22.4 Å². The molecule has 0 saturated carbocycles. The van der Waals surface area contributed by atoms with E-state index in [0.717, 1.165) is 12.1 Å². The van der Waals surface area contributed by atoms with Gasteiger partial charge in [0.25, 0.3) is 10.0 Å². The molecule has 2 fully saturated rings. The molecule has 26 heavy (non-hydrogen) atoms. The van der Waals surface area contributed by atoms with Crippen molar-refractivity contribution < 1.29 is 13.2 Å². The number of ether oxygens (including phenoxy) is 1. The molecule has 0 radical (unpaired) electrons. The monoisotopic (exact) mass is 376 g/mol. The minimum absolute atomic E-state index is 0.101. The summed E-state index contributed by atoms with van der Waals surface area (Å²) in [4.78, 5) is 4.01. The highest BCUT2D eigenvalue weighted by Crippen LogP contribution is 2.38.